The van der Waals surface area contributed by atoms with Crippen molar-refractivity contribution in [3.8, 4) is 11.5 Å². The first kappa shape index (κ1) is 34.5. The maximum atomic E-state index is 10.3. The van der Waals surface area contributed by atoms with E-state index in [1.165, 1.54) is 11.3 Å². The summed E-state index contributed by atoms with van der Waals surface area (Å²) in [5, 5.41) is 38.6. The van der Waals surface area contributed by atoms with E-state index in [0.717, 1.165) is 61.8 Å². The summed E-state index contributed by atoms with van der Waals surface area (Å²) in [6, 6.07) is 6.40. The van der Waals surface area contributed by atoms with E-state index in [0.29, 0.717) is 12.1 Å². The van der Waals surface area contributed by atoms with Crippen molar-refractivity contribution < 1.29 is 49.0 Å². The lowest BCUT2D eigenvalue weighted by atomic mass is 9.96. The number of carboxylic acids is 3. The van der Waals surface area contributed by atoms with Gasteiger partial charge in [-0.2, -0.15) is 5.10 Å². The molecule has 1 unspecified atom stereocenters. The molecule has 13 nitrogen and oxygen atoms in total. The number of benzene rings is 1. The van der Waals surface area contributed by atoms with Crippen LogP contribution in [0, 0.1) is 13.8 Å². The lowest BCUT2D eigenvalue weighted by Crippen LogP contribution is -2.42. The number of methoxy groups -OCH3 is 2. The molecule has 0 radical (unpaired) electrons. The number of hydrogen-bond donors (Lipinski definition) is 4. The zero-order valence-corrected chi connectivity index (χ0v) is 25.1. The second-order valence-electron chi connectivity index (χ2n) is 10.6. The van der Waals surface area contributed by atoms with E-state index >= 15 is 0 Å². The summed E-state index contributed by atoms with van der Waals surface area (Å²) in [5.41, 5.74) is 2.08. The highest BCUT2D eigenvalue weighted by Crippen LogP contribution is 2.28. The zero-order chi connectivity index (χ0) is 31.6. The number of rotatable bonds is 14. The summed E-state index contributed by atoms with van der Waals surface area (Å²) < 4.78 is 19.1. The SMILES string of the molecule is COc1ccc(CN(Cc2c(C)nn(C(C)C)c2C)CC2CCCO2)c(OC)c1.O=C(O)CC(O)(CC(=O)O)C(=O)O. The lowest BCUT2D eigenvalue weighted by molar-refractivity contribution is -0.170. The lowest BCUT2D eigenvalue weighted by Gasteiger charge is -2.26. The second kappa shape index (κ2) is 15.5. The van der Waals surface area contributed by atoms with Crippen LogP contribution in [0.15, 0.2) is 18.2 Å². The average molecular weight is 594 g/mol. The predicted molar refractivity (Wildman–Crippen MR) is 152 cm³/mol. The van der Waals surface area contributed by atoms with E-state index in [1.54, 1.807) is 14.2 Å². The molecule has 1 aliphatic heterocycles. The van der Waals surface area contributed by atoms with Crippen molar-refractivity contribution in [2.75, 3.05) is 27.4 Å². The van der Waals surface area contributed by atoms with Crippen molar-refractivity contribution in [1.29, 1.82) is 0 Å². The van der Waals surface area contributed by atoms with E-state index in [4.69, 9.17) is 39.7 Å². The average Bonchev–Trinajstić information content (AvgIpc) is 3.51. The third-order valence-corrected chi connectivity index (χ3v) is 7.01. The third kappa shape index (κ3) is 9.71. The van der Waals surface area contributed by atoms with Gasteiger partial charge < -0.3 is 34.6 Å². The van der Waals surface area contributed by atoms with E-state index < -0.39 is 36.4 Å². The molecule has 1 aromatic heterocycles. The Morgan fingerprint density at radius 2 is 1.74 bits per heavy atom. The minimum atomic E-state index is -2.74. The summed E-state index contributed by atoms with van der Waals surface area (Å²) in [7, 11) is 3.39. The van der Waals surface area contributed by atoms with E-state index in [2.05, 4.69) is 43.3 Å². The number of carbonyl (C=O) groups is 3. The van der Waals surface area contributed by atoms with Crippen molar-refractivity contribution in [3.63, 3.8) is 0 Å². The van der Waals surface area contributed by atoms with Crippen LogP contribution in [0.1, 0.15) is 68.1 Å². The maximum Gasteiger partial charge on any atom is 0.336 e. The molecule has 42 heavy (non-hydrogen) atoms. The predicted octanol–water partition coefficient (Wildman–Crippen LogP) is 3.03. The molecule has 4 N–H and O–H groups in total. The van der Waals surface area contributed by atoms with Gasteiger partial charge in [0.15, 0.2) is 5.60 Å². The van der Waals surface area contributed by atoms with Crippen molar-refractivity contribution in [2.45, 2.75) is 84.2 Å². The molecule has 1 fully saturated rings. The highest BCUT2D eigenvalue weighted by molar-refractivity contribution is 5.88. The van der Waals surface area contributed by atoms with Gasteiger partial charge in [0.25, 0.3) is 0 Å². The fourth-order valence-electron chi connectivity index (χ4n) is 4.85. The van der Waals surface area contributed by atoms with E-state index in [-0.39, 0.29) is 0 Å². The van der Waals surface area contributed by atoms with Crippen LogP contribution in [0.25, 0.3) is 0 Å². The molecular formula is C29H43N3O10. The molecule has 0 aliphatic carbocycles. The summed E-state index contributed by atoms with van der Waals surface area (Å²) >= 11 is 0. The van der Waals surface area contributed by atoms with Gasteiger partial charge in [-0.25, -0.2) is 4.79 Å². The van der Waals surface area contributed by atoms with Crippen molar-refractivity contribution >= 4 is 17.9 Å². The Hall–Kier alpha value is -3.68. The number of aliphatic hydroxyl groups is 1. The molecule has 3 rings (SSSR count). The summed E-state index contributed by atoms with van der Waals surface area (Å²) in [4.78, 5) is 32.9. The number of aryl methyl sites for hydroxylation is 1. The van der Waals surface area contributed by atoms with E-state index in [9.17, 15) is 14.4 Å². The summed E-state index contributed by atoms with van der Waals surface area (Å²) in [5.74, 6) is -3.36. The number of nitrogens with zero attached hydrogens (tertiary/aromatic N) is 3. The van der Waals surface area contributed by atoms with Crippen molar-refractivity contribution in [1.82, 2.24) is 14.7 Å². The van der Waals surface area contributed by atoms with Gasteiger partial charge in [-0.05, 0) is 46.6 Å². The van der Waals surface area contributed by atoms with Crippen molar-refractivity contribution in [2.24, 2.45) is 0 Å². The van der Waals surface area contributed by atoms with Crippen LogP contribution in [-0.2, 0) is 32.2 Å². The Kier molecular flexibility index (Phi) is 12.8. The Bertz CT molecular complexity index is 1200. The molecule has 1 aliphatic rings. The molecular weight excluding hydrogens is 550 g/mol. The quantitative estimate of drug-likeness (QED) is 0.252. The smallest absolute Gasteiger partial charge is 0.336 e. The minimum absolute atomic E-state index is 0.292. The summed E-state index contributed by atoms with van der Waals surface area (Å²) in [6.45, 7) is 12.0. The first-order chi connectivity index (χ1) is 19.7. The molecule has 1 aromatic carbocycles. The first-order valence-electron chi connectivity index (χ1n) is 13.7. The molecule has 0 saturated carbocycles. The van der Waals surface area contributed by atoms with Crippen LogP contribution in [0.5, 0.6) is 11.5 Å². The number of ether oxygens (including phenoxy) is 3. The van der Waals surface area contributed by atoms with Crippen LogP contribution in [0.2, 0.25) is 0 Å². The van der Waals surface area contributed by atoms with Crippen LogP contribution < -0.4 is 9.47 Å². The molecule has 13 heteroatoms. The van der Waals surface area contributed by atoms with Gasteiger partial charge in [0.2, 0.25) is 0 Å². The van der Waals surface area contributed by atoms with Gasteiger partial charge >= 0.3 is 17.9 Å². The Morgan fingerprint density at radius 3 is 2.19 bits per heavy atom. The fraction of sp³-hybridized carbons (Fsp3) is 0.586. The molecule has 2 aromatic rings. The highest BCUT2D eigenvalue weighted by atomic mass is 16.5. The Labute approximate surface area is 245 Å². The molecule has 0 spiro atoms. The molecule has 0 amide bonds. The van der Waals surface area contributed by atoms with Gasteiger partial charge in [-0.15, -0.1) is 0 Å². The normalized spacial score (nSPS) is 14.9. The van der Waals surface area contributed by atoms with E-state index in [1.807, 2.05) is 12.1 Å². The van der Waals surface area contributed by atoms with Crippen LogP contribution in [0.4, 0.5) is 0 Å². The van der Waals surface area contributed by atoms with Gasteiger partial charge in [0, 0.05) is 55.2 Å². The highest BCUT2D eigenvalue weighted by Gasteiger charge is 2.40. The minimum Gasteiger partial charge on any atom is -0.497 e. The molecule has 0 bridgehead atoms. The number of aliphatic carboxylic acids is 3. The molecule has 1 atom stereocenters. The number of carboxylic acid groups (broad SMARTS) is 3. The maximum absolute atomic E-state index is 10.3. The largest absolute Gasteiger partial charge is 0.497 e. The monoisotopic (exact) mass is 593 g/mol. The molecule has 1 saturated heterocycles. The topological polar surface area (TPSA) is 181 Å². The van der Waals surface area contributed by atoms with Gasteiger partial charge in [-0.1, -0.05) is 6.07 Å². The standard InChI is InChI=1S/C23H35N3O3.C6H8O7/c1-16(2)26-18(4)22(17(3)24-26)15-25(14-21-8-7-11-29-21)13-19-9-10-20(27-5)12-23(19)28-6;7-3(8)1-6(13,5(11)12)2-4(9)10/h9-10,12,16,21H,7-8,11,13-15H2,1-6H3;13H,1-2H2,(H,7,8)(H,9,10)(H,11,12). The molecule has 234 valence electrons. The number of hydrogen-bond acceptors (Lipinski definition) is 9. The summed E-state index contributed by atoms with van der Waals surface area (Å²) in [6.07, 6.45) is 0.274. The van der Waals surface area contributed by atoms with Gasteiger partial charge in [-0.3, -0.25) is 19.2 Å². The number of aromatic nitrogens is 2. The second-order valence-corrected chi connectivity index (χ2v) is 10.6. The Balaban J connectivity index is 0.000000401. The van der Waals surface area contributed by atoms with Gasteiger partial charge in [0.1, 0.15) is 11.5 Å². The van der Waals surface area contributed by atoms with Crippen LogP contribution in [-0.4, -0.2) is 92.1 Å². The van der Waals surface area contributed by atoms with Crippen LogP contribution >= 0.6 is 0 Å². The fourth-order valence-corrected chi connectivity index (χ4v) is 4.85. The van der Waals surface area contributed by atoms with Crippen molar-refractivity contribution in [3.05, 3.63) is 40.7 Å². The third-order valence-electron chi connectivity index (χ3n) is 7.01. The zero-order valence-electron chi connectivity index (χ0n) is 25.1. The van der Waals surface area contributed by atoms with Crippen LogP contribution in [0.3, 0.4) is 0 Å². The molecule has 2 heterocycles. The Morgan fingerprint density at radius 1 is 1.10 bits per heavy atom. The first-order valence-corrected chi connectivity index (χ1v) is 13.7. The van der Waals surface area contributed by atoms with Gasteiger partial charge in [0.05, 0.1) is 38.9 Å².